The first-order valence-corrected chi connectivity index (χ1v) is 4.94. The number of unbranched alkanes of at least 4 members (excludes halogenated alkanes) is 1. The van der Waals surface area contributed by atoms with Gasteiger partial charge in [-0.3, -0.25) is 4.79 Å². The van der Waals surface area contributed by atoms with E-state index < -0.39 is 11.4 Å². The third-order valence-corrected chi connectivity index (χ3v) is 2.29. The van der Waals surface area contributed by atoms with Gasteiger partial charge in [-0.05, 0) is 13.3 Å². The minimum Gasteiger partial charge on any atom is -0.477 e. The number of carbonyl (C=O) groups is 1. The Labute approximate surface area is 93.5 Å². The lowest BCUT2D eigenvalue weighted by Crippen LogP contribution is -2.19. The van der Waals surface area contributed by atoms with Crippen LogP contribution in [0.1, 0.15) is 28.9 Å². The number of aromatic carboxylic acids is 1. The number of nitrogens with zero attached hydrogens (tertiary/aromatic N) is 1. The molecule has 1 heterocycles. The maximum Gasteiger partial charge on any atom is 0.341 e. The highest BCUT2D eigenvalue weighted by molar-refractivity contribution is 5.87. The molecule has 0 aliphatic heterocycles. The second-order valence-electron chi connectivity index (χ2n) is 3.50. The highest BCUT2D eigenvalue weighted by Gasteiger charge is 2.10. The molecule has 1 aromatic rings. The molecule has 1 aromatic heterocycles. The summed E-state index contributed by atoms with van der Waals surface area (Å²) >= 11 is 0. The predicted molar refractivity (Wildman–Crippen MR) is 60.5 cm³/mol. The molecule has 84 valence electrons. The Morgan fingerprint density at radius 1 is 1.62 bits per heavy atom. The topological polar surface area (TPSA) is 59.3 Å². The van der Waals surface area contributed by atoms with Crippen molar-refractivity contribution in [3.63, 3.8) is 0 Å². The first-order valence-electron chi connectivity index (χ1n) is 4.94. The van der Waals surface area contributed by atoms with E-state index in [9.17, 15) is 9.59 Å². The molecule has 4 heteroatoms. The van der Waals surface area contributed by atoms with Crippen molar-refractivity contribution in [1.82, 2.24) is 4.57 Å². The molecule has 0 atom stereocenters. The van der Waals surface area contributed by atoms with Gasteiger partial charge in [-0.2, -0.15) is 0 Å². The van der Waals surface area contributed by atoms with Crippen molar-refractivity contribution in [2.75, 3.05) is 0 Å². The number of terminal acetylenes is 1. The summed E-state index contributed by atoms with van der Waals surface area (Å²) in [5.74, 6) is 1.32. The van der Waals surface area contributed by atoms with Gasteiger partial charge in [-0.1, -0.05) is 0 Å². The molecule has 0 amide bonds. The minimum absolute atomic E-state index is 0.202. The molecule has 0 aliphatic rings. The van der Waals surface area contributed by atoms with Crippen LogP contribution in [-0.4, -0.2) is 15.6 Å². The first kappa shape index (κ1) is 12.1. The summed E-state index contributed by atoms with van der Waals surface area (Å²) in [7, 11) is 0. The molecule has 1 N–H and O–H groups in total. The number of hydrogen-bond acceptors (Lipinski definition) is 2. The van der Waals surface area contributed by atoms with Crippen molar-refractivity contribution in [2.45, 2.75) is 26.3 Å². The maximum absolute atomic E-state index is 11.3. The molecule has 0 unspecified atom stereocenters. The van der Waals surface area contributed by atoms with Crippen LogP contribution in [0.4, 0.5) is 0 Å². The van der Waals surface area contributed by atoms with Gasteiger partial charge in [0.15, 0.2) is 5.43 Å². The molecular weight excluding hydrogens is 206 g/mol. The summed E-state index contributed by atoms with van der Waals surface area (Å²) < 4.78 is 1.74. The van der Waals surface area contributed by atoms with Crippen LogP contribution in [0, 0.1) is 19.3 Å². The molecule has 0 radical (unpaired) electrons. The van der Waals surface area contributed by atoms with Gasteiger partial charge >= 0.3 is 5.97 Å². The number of carboxylic acids is 1. The molecule has 1 rings (SSSR count). The van der Waals surface area contributed by atoms with Crippen LogP contribution >= 0.6 is 0 Å². The summed E-state index contributed by atoms with van der Waals surface area (Å²) in [4.78, 5) is 22.1. The lowest BCUT2D eigenvalue weighted by Gasteiger charge is -2.10. The second kappa shape index (κ2) is 5.17. The van der Waals surface area contributed by atoms with E-state index in [1.165, 1.54) is 12.3 Å². The highest BCUT2D eigenvalue weighted by Crippen LogP contribution is 2.02. The summed E-state index contributed by atoms with van der Waals surface area (Å²) in [6, 6.07) is 1.33. The van der Waals surface area contributed by atoms with Crippen molar-refractivity contribution in [3.05, 3.63) is 33.7 Å². The Hall–Kier alpha value is -2.02. The number of carboxylic acid groups (broad SMARTS) is 1. The third kappa shape index (κ3) is 2.74. The van der Waals surface area contributed by atoms with Crippen LogP contribution < -0.4 is 5.43 Å². The third-order valence-electron chi connectivity index (χ3n) is 2.29. The summed E-state index contributed by atoms with van der Waals surface area (Å²) in [5.41, 5.74) is 0.0801. The molecule has 0 saturated heterocycles. The van der Waals surface area contributed by atoms with Crippen molar-refractivity contribution < 1.29 is 9.90 Å². The molecule has 16 heavy (non-hydrogen) atoms. The van der Waals surface area contributed by atoms with Crippen LogP contribution in [0.3, 0.4) is 0 Å². The fourth-order valence-electron chi connectivity index (χ4n) is 1.42. The van der Waals surface area contributed by atoms with Crippen LogP contribution in [0.15, 0.2) is 17.1 Å². The Morgan fingerprint density at radius 3 is 2.88 bits per heavy atom. The van der Waals surface area contributed by atoms with Gasteiger partial charge in [0.25, 0.3) is 0 Å². The van der Waals surface area contributed by atoms with Gasteiger partial charge in [-0.15, -0.1) is 12.3 Å². The number of pyridine rings is 1. The highest BCUT2D eigenvalue weighted by atomic mass is 16.4. The van der Waals surface area contributed by atoms with E-state index in [-0.39, 0.29) is 5.56 Å². The van der Waals surface area contributed by atoms with Crippen LogP contribution in [-0.2, 0) is 6.54 Å². The molecule has 0 fully saturated rings. The van der Waals surface area contributed by atoms with E-state index in [0.29, 0.717) is 13.0 Å². The Bertz CT molecular complexity index is 494. The Morgan fingerprint density at radius 2 is 2.31 bits per heavy atom. The zero-order valence-corrected chi connectivity index (χ0v) is 9.06. The van der Waals surface area contributed by atoms with Crippen molar-refractivity contribution >= 4 is 5.97 Å². The normalized spacial score (nSPS) is 9.75. The number of aromatic nitrogens is 1. The van der Waals surface area contributed by atoms with Gasteiger partial charge in [0.05, 0.1) is 0 Å². The average Bonchev–Trinajstić information content (AvgIpc) is 2.21. The minimum atomic E-state index is -1.20. The van der Waals surface area contributed by atoms with Crippen molar-refractivity contribution in [3.8, 4) is 12.3 Å². The molecule has 0 aromatic carbocycles. The van der Waals surface area contributed by atoms with Crippen molar-refractivity contribution in [1.29, 1.82) is 0 Å². The smallest absolute Gasteiger partial charge is 0.341 e. The monoisotopic (exact) mass is 219 g/mol. The van der Waals surface area contributed by atoms with Gasteiger partial charge in [0.1, 0.15) is 5.56 Å². The lowest BCUT2D eigenvalue weighted by atomic mass is 10.2. The van der Waals surface area contributed by atoms with Crippen LogP contribution in [0.25, 0.3) is 0 Å². The number of hydrogen-bond donors (Lipinski definition) is 1. The quantitative estimate of drug-likeness (QED) is 0.612. The van der Waals surface area contributed by atoms with Gasteiger partial charge < -0.3 is 9.67 Å². The standard InChI is InChI=1S/C12H13NO3/c1-3-4-5-6-13-8-10(12(15)16)11(14)7-9(13)2/h1,7-8H,4-6H2,2H3,(H,15,16). The van der Waals surface area contributed by atoms with E-state index >= 15 is 0 Å². The predicted octanol–water partition coefficient (Wildman–Crippen LogP) is 1.27. The fourth-order valence-corrected chi connectivity index (χ4v) is 1.42. The average molecular weight is 219 g/mol. The Balaban J connectivity index is 3.01. The van der Waals surface area contributed by atoms with Gasteiger partial charge in [-0.25, -0.2) is 4.79 Å². The van der Waals surface area contributed by atoms with E-state index in [1.54, 1.807) is 11.5 Å². The van der Waals surface area contributed by atoms with Gasteiger partial charge in [0, 0.05) is 30.9 Å². The van der Waals surface area contributed by atoms with E-state index in [0.717, 1.165) is 12.1 Å². The lowest BCUT2D eigenvalue weighted by molar-refractivity contribution is 0.0694. The first-order chi connectivity index (χ1) is 7.56. The van der Waals surface area contributed by atoms with Crippen molar-refractivity contribution in [2.24, 2.45) is 0 Å². The van der Waals surface area contributed by atoms with E-state index in [1.807, 2.05) is 0 Å². The van der Waals surface area contributed by atoms with Crippen LogP contribution in [0.2, 0.25) is 0 Å². The Kier molecular flexibility index (Phi) is 3.90. The second-order valence-corrected chi connectivity index (χ2v) is 3.50. The molecule has 0 bridgehead atoms. The summed E-state index contributed by atoms with van der Waals surface area (Å²) in [6.45, 7) is 2.39. The summed E-state index contributed by atoms with van der Waals surface area (Å²) in [5, 5.41) is 8.81. The van der Waals surface area contributed by atoms with E-state index in [4.69, 9.17) is 11.5 Å². The molecule has 0 spiro atoms. The summed E-state index contributed by atoms with van der Waals surface area (Å²) in [6.07, 6.45) is 7.90. The van der Waals surface area contributed by atoms with Gasteiger partial charge in [0.2, 0.25) is 0 Å². The number of rotatable bonds is 4. The van der Waals surface area contributed by atoms with Crippen LogP contribution in [0.5, 0.6) is 0 Å². The maximum atomic E-state index is 11.3. The molecular formula is C12H13NO3. The molecule has 0 aliphatic carbocycles. The zero-order chi connectivity index (χ0) is 12.1. The number of aryl methyl sites for hydroxylation is 2. The SMILES string of the molecule is C#CCCCn1cc(C(=O)O)c(=O)cc1C. The van der Waals surface area contributed by atoms with E-state index in [2.05, 4.69) is 5.92 Å². The largest absolute Gasteiger partial charge is 0.477 e. The molecule has 4 nitrogen and oxygen atoms in total. The molecule has 0 saturated carbocycles. The zero-order valence-electron chi connectivity index (χ0n) is 9.06. The fraction of sp³-hybridized carbons (Fsp3) is 0.333.